The average Bonchev–Trinajstić information content (AvgIpc) is 2.45. The summed E-state index contributed by atoms with van der Waals surface area (Å²) in [5, 5.41) is 1.07. The SMILES string of the molecule is Nc1nc2ccccc2cc1CSc1cccc(F)c1. The summed E-state index contributed by atoms with van der Waals surface area (Å²) < 4.78 is 13.1. The minimum absolute atomic E-state index is 0.223. The minimum Gasteiger partial charge on any atom is -0.383 e. The Labute approximate surface area is 120 Å². The molecule has 100 valence electrons. The molecule has 2 N–H and O–H groups in total. The quantitative estimate of drug-likeness (QED) is 0.731. The van der Waals surface area contributed by atoms with Gasteiger partial charge in [-0.15, -0.1) is 11.8 Å². The van der Waals surface area contributed by atoms with Gasteiger partial charge in [0.15, 0.2) is 0 Å². The third kappa shape index (κ3) is 2.75. The van der Waals surface area contributed by atoms with Crippen LogP contribution in [0.2, 0.25) is 0 Å². The van der Waals surface area contributed by atoms with Crippen LogP contribution in [0.3, 0.4) is 0 Å². The summed E-state index contributed by atoms with van der Waals surface area (Å²) in [6.07, 6.45) is 0. The topological polar surface area (TPSA) is 38.9 Å². The van der Waals surface area contributed by atoms with E-state index in [2.05, 4.69) is 4.98 Å². The molecule has 0 spiro atoms. The summed E-state index contributed by atoms with van der Waals surface area (Å²) in [4.78, 5) is 5.28. The summed E-state index contributed by atoms with van der Waals surface area (Å²) in [5.41, 5.74) is 7.85. The first-order valence-corrected chi connectivity index (χ1v) is 7.23. The highest BCUT2D eigenvalue weighted by Gasteiger charge is 2.05. The molecule has 2 nitrogen and oxygen atoms in total. The molecular weight excluding hydrogens is 271 g/mol. The van der Waals surface area contributed by atoms with Gasteiger partial charge in [-0.3, -0.25) is 0 Å². The first-order chi connectivity index (χ1) is 9.72. The Kier molecular flexibility index (Phi) is 3.56. The number of nitrogens with zero attached hydrogens (tertiary/aromatic N) is 1. The van der Waals surface area contributed by atoms with Gasteiger partial charge in [-0.05, 0) is 30.3 Å². The molecule has 20 heavy (non-hydrogen) atoms. The normalized spacial score (nSPS) is 10.8. The van der Waals surface area contributed by atoms with E-state index in [1.54, 1.807) is 17.8 Å². The number of benzene rings is 2. The number of halogens is 1. The first kappa shape index (κ1) is 12.9. The molecule has 1 heterocycles. The van der Waals surface area contributed by atoms with Crippen molar-refractivity contribution in [2.45, 2.75) is 10.6 Å². The molecule has 3 aromatic rings. The van der Waals surface area contributed by atoms with Gasteiger partial charge in [-0.2, -0.15) is 0 Å². The predicted octanol–water partition coefficient (Wildman–Crippen LogP) is 4.25. The number of fused-ring (bicyclic) bond motifs is 1. The van der Waals surface area contributed by atoms with Crippen molar-refractivity contribution >= 4 is 28.5 Å². The molecule has 0 radical (unpaired) electrons. The molecule has 0 saturated carbocycles. The summed E-state index contributed by atoms with van der Waals surface area (Å²) >= 11 is 1.55. The summed E-state index contributed by atoms with van der Waals surface area (Å²) in [6.45, 7) is 0. The zero-order valence-corrected chi connectivity index (χ0v) is 11.5. The van der Waals surface area contributed by atoms with Crippen molar-refractivity contribution in [1.29, 1.82) is 0 Å². The summed E-state index contributed by atoms with van der Waals surface area (Å²) in [5.74, 6) is 0.986. The lowest BCUT2D eigenvalue weighted by atomic mass is 10.1. The van der Waals surface area contributed by atoms with Crippen LogP contribution in [0.5, 0.6) is 0 Å². The lowest BCUT2D eigenvalue weighted by Crippen LogP contribution is -1.97. The maximum absolute atomic E-state index is 13.1. The Balaban J connectivity index is 1.85. The number of anilines is 1. The molecule has 1 aromatic heterocycles. The number of nitrogen functional groups attached to an aromatic ring is 1. The Morgan fingerprint density at radius 2 is 1.90 bits per heavy atom. The van der Waals surface area contributed by atoms with Crippen LogP contribution in [0, 0.1) is 5.82 Å². The van der Waals surface area contributed by atoms with Gasteiger partial charge < -0.3 is 5.73 Å². The van der Waals surface area contributed by atoms with Crippen LogP contribution in [-0.2, 0) is 5.75 Å². The largest absolute Gasteiger partial charge is 0.383 e. The van der Waals surface area contributed by atoms with E-state index in [4.69, 9.17) is 5.73 Å². The van der Waals surface area contributed by atoms with Gasteiger partial charge in [-0.1, -0.05) is 24.3 Å². The molecule has 0 aliphatic rings. The monoisotopic (exact) mass is 284 g/mol. The van der Waals surface area contributed by atoms with Crippen LogP contribution in [0.25, 0.3) is 10.9 Å². The molecule has 0 saturated heterocycles. The maximum Gasteiger partial charge on any atom is 0.128 e. The fourth-order valence-electron chi connectivity index (χ4n) is 2.01. The standard InChI is InChI=1S/C16H13FN2S/c17-13-5-3-6-14(9-13)20-10-12-8-11-4-1-2-7-15(11)19-16(12)18/h1-9H,10H2,(H2,18,19). The molecule has 0 fully saturated rings. The number of nitrogens with two attached hydrogens (primary N) is 1. The third-order valence-corrected chi connectivity index (χ3v) is 4.07. The van der Waals surface area contributed by atoms with Gasteiger partial charge in [0.2, 0.25) is 0 Å². The van der Waals surface area contributed by atoms with E-state index < -0.39 is 0 Å². The molecule has 0 bridgehead atoms. The highest BCUT2D eigenvalue weighted by Crippen LogP contribution is 2.27. The Morgan fingerprint density at radius 3 is 2.75 bits per heavy atom. The summed E-state index contributed by atoms with van der Waals surface area (Å²) in [7, 11) is 0. The van der Waals surface area contributed by atoms with Crippen molar-refractivity contribution in [2.75, 3.05) is 5.73 Å². The van der Waals surface area contributed by atoms with Gasteiger partial charge in [-0.25, -0.2) is 9.37 Å². The van der Waals surface area contributed by atoms with Crippen molar-refractivity contribution < 1.29 is 4.39 Å². The molecule has 4 heteroatoms. The van der Waals surface area contributed by atoms with Crippen LogP contribution >= 0.6 is 11.8 Å². The molecule has 0 atom stereocenters. The van der Waals surface area contributed by atoms with E-state index in [0.717, 1.165) is 21.4 Å². The van der Waals surface area contributed by atoms with Gasteiger partial charge in [0.05, 0.1) is 5.52 Å². The zero-order valence-electron chi connectivity index (χ0n) is 10.7. The number of aromatic nitrogens is 1. The highest BCUT2D eigenvalue weighted by molar-refractivity contribution is 7.98. The van der Waals surface area contributed by atoms with Gasteiger partial charge in [0.1, 0.15) is 11.6 Å². The van der Waals surface area contributed by atoms with Crippen LogP contribution in [0.1, 0.15) is 5.56 Å². The number of pyridine rings is 1. The number of hydrogen-bond donors (Lipinski definition) is 1. The molecule has 0 aliphatic carbocycles. The second-order valence-corrected chi connectivity index (χ2v) is 5.52. The number of thioether (sulfide) groups is 1. The van der Waals surface area contributed by atoms with Crippen LogP contribution in [0.4, 0.5) is 10.2 Å². The van der Waals surface area contributed by atoms with E-state index >= 15 is 0 Å². The van der Waals surface area contributed by atoms with Crippen molar-refractivity contribution in [3.8, 4) is 0 Å². The average molecular weight is 284 g/mol. The molecule has 0 amide bonds. The van der Waals surface area contributed by atoms with E-state index in [0.29, 0.717) is 11.6 Å². The lowest BCUT2D eigenvalue weighted by Gasteiger charge is -2.07. The van der Waals surface area contributed by atoms with E-state index in [-0.39, 0.29) is 5.82 Å². The van der Waals surface area contributed by atoms with Crippen molar-refractivity contribution in [2.24, 2.45) is 0 Å². The second kappa shape index (κ2) is 5.51. The predicted molar refractivity (Wildman–Crippen MR) is 82.1 cm³/mol. The van der Waals surface area contributed by atoms with E-state index in [1.165, 1.54) is 12.1 Å². The van der Waals surface area contributed by atoms with Crippen molar-refractivity contribution in [1.82, 2.24) is 4.98 Å². The number of rotatable bonds is 3. The minimum atomic E-state index is -0.223. The van der Waals surface area contributed by atoms with Gasteiger partial charge in [0, 0.05) is 21.6 Å². The molecule has 2 aromatic carbocycles. The van der Waals surface area contributed by atoms with Crippen LogP contribution in [0.15, 0.2) is 59.5 Å². The van der Waals surface area contributed by atoms with Gasteiger partial charge in [0.25, 0.3) is 0 Å². The molecule has 0 unspecified atom stereocenters. The third-order valence-electron chi connectivity index (χ3n) is 3.03. The number of hydrogen-bond acceptors (Lipinski definition) is 3. The lowest BCUT2D eigenvalue weighted by molar-refractivity contribution is 0.624. The Morgan fingerprint density at radius 1 is 1.05 bits per heavy atom. The Hall–Kier alpha value is -2.07. The van der Waals surface area contributed by atoms with Crippen molar-refractivity contribution in [3.63, 3.8) is 0 Å². The Bertz CT molecular complexity index is 758. The fourth-order valence-corrected chi connectivity index (χ4v) is 2.93. The number of para-hydroxylation sites is 1. The molecule has 3 rings (SSSR count). The smallest absolute Gasteiger partial charge is 0.128 e. The maximum atomic E-state index is 13.1. The fraction of sp³-hybridized carbons (Fsp3) is 0.0625. The van der Waals surface area contributed by atoms with Gasteiger partial charge >= 0.3 is 0 Å². The van der Waals surface area contributed by atoms with Crippen LogP contribution in [-0.4, -0.2) is 4.98 Å². The van der Waals surface area contributed by atoms with Crippen LogP contribution < -0.4 is 5.73 Å². The van der Waals surface area contributed by atoms with E-state index in [1.807, 2.05) is 36.4 Å². The second-order valence-electron chi connectivity index (χ2n) is 4.47. The van der Waals surface area contributed by atoms with Crippen molar-refractivity contribution in [3.05, 3.63) is 66.0 Å². The zero-order chi connectivity index (χ0) is 13.9. The van der Waals surface area contributed by atoms with E-state index in [9.17, 15) is 4.39 Å². The molecule has 0 aliphatic heterocycles. The first-order valence-electron chi connectivity index (χ1n) is 6.25. The highest BCUT2D eigenvalue weighted by atomic mass is 32.2. The summed E-state index contributed by atoms with van der Waals surface area (Å²) in [6, 6.07) is 16.5. The molecular formula is C16H13FN2S.